The minimum absolute atomic E-state index is 0.0623. The van der Waals surface area contributed by atoms with Gasteiger partial charge < -0.3 is 14.2 Å². The summed E-state index contributed by atoms with van der Waals surface area (Å²) in [7, 11) is 4.33. The number of para-hydroxylation sites is 1. The van der Waals surface area contributed by atoms with E-state index in [1.54, 1.807) is 18.2 Å². The van der Waals surface area contributed by atoms with Gasteiger partial charge in [-0.25, -0.2) is 9.29 Å². The van der Waals surface area contributed by atoms with Gasteiger partial charge in [0.1, 0.15) is 11.4 Å². The van der Waals surface area contributed by atoms with E-state index in [9.17, 15) is 14.0 Å². The molecule has 0 saturated carbocycles. The van der Waals surface area contributed by atoms with Crippen LogP contribution in [-0.4, -0.2) is 38.3 Å². The summed E-state index contributed by atoms with van der Waals surface area (Å²) in [6, 6.07) is 8.85. The summed E-state index contributed by atoms with van der Waals surface area (Å²) in [5, 5.41) is 2.20. The third-order valence-corrected chi connectivity index (χ3v) is 4.51. The van der Waals surface area contributed by atoms with Gasteiger partial charge in [-0.1, -0.05) is 12.1 Å². The van der Waals surface area contributed by atoms with Crippen molar-refractivity contribution in [2.75, 3.05) is 26.2 Å². The van der Waals surface area contributed by atoms with Crippen molar-refractivity contribution in [3.8, 4) is 17.2 Å². The summed E-state index contributed by atoms with van der Waals surface area (Å²) < 4.78 is 30.2. The van der Waals surface area contributed by atoms with Crippen LogP contribution in [0.4, 0.5) is 10.1 Å². The smallest absolute Gasteiger partial charge is 0.270 e. The first-order chi connectivity index (χ1) is 13.9. The fraction of sp³-hybridized carbons (Fsp3) is 0.150. The molecule has 150 valence electrons. The number of hydrogen-bond donors (Lipinski definition) is 1. The van der Waals surface area contributed by atoms with Gasteiger partial charge in [-0.2, -0.15) is 0 Å². The molecule has 1 heterocycles. The summed E-state index contributed by atoms with van der Waals surface area (Å²) in [6.45, 7) is 0. The lowest BCUT2D eigenvalue weighted by molar-refractivity contribution is -0.122. The predicted octanol–water partition coefficient (Wildman–Crippen LogP) is 2.68. The first-order valence-corrected chi connectivity index (χ1v) is 8.78. The quantitative estimate of drug-likeness (QED) is 0.459. The van der Waals surface area contributed by atoms with Gasteiger partial charge in [0.2, 0.25) is 5.75 Å². The van der Waals surface area contributed by atoms with E-state index in [0.29, 0.717) is 17.1 Å². The van der Waals surface area contributed by atoms with Gasteiger partial charge in [0.05, 0.1) is 27.0 Å². The SMILES string of the molecule is COc1ccc(/C=C2/C(=O)NC(=S)N(c3ccccc3F)C2=O)c(OC)c1OC. The van der Waals surface area contributed by atoms with Crippen molar-refractivity contribution < 1.29 is 28.2 Å². The Morgan fingerprint density at radius 2 is 1.69 bits per heavy atom. The molecule has 1 saturated heterocycles. The standard InChI is InChI=1S/C20H17FN2O5S/c1-26-15-9-8-11(16(27-2)17(15)28-3)10-12-18(24)22-20(29)23(19(12)25)14-7-5-4-6-13(14)21/h4-10H,1-3H3,(H,22,24,29)/b12-10-. The molecule has 0 atom stereocenters. The van der Waals surface area contributed by atoms with Crippen LogP contribution in [0.25, 0.3) is 6.08 Å². The predicted molar refractivity (Wildman–Crippen MR) is 109 cm³/mol. The van der Waals surface area contributed by atoms with Gasteiger partial charge in [0.25, 0.3) is 11.8 Å². The van der Waals surface area contributed by atoms with Crippen LogP contribution in [-0.2, 0) is 9.59 Å². The van der Waals surface area contributed by atoms with Crippen LogP contribution >= 0.6 is 12.2 Å². The molecule has 1 aliphatic rings. The molecule has 1 fully saturated rings. The lowest BCUT2D eigenvalue weighted by Gasteiger charge is -2.29. The Balaban J connectivity index is 2.12. The summed E-state index contributed by atoms with van der Waals surface area (Å²) >= 11 is 5.08. The van der Waals surface area contributed by atoms with Crippen molar-refractivity contribution in [2.24, 2.45) is 0 Å². The lowest BCUT2D eigenvalue weighted by atomic mass is 10.1. The number of nitrogens with zero attached hydrogens (tertiary/aromatic N) is 1. The van der Waals surface area contributed by atoms with Gasteiger partial charge in [-0.3, -0.25) is 14.9 Å². The number of halogens is 1. The highest BCUT2D eigenvalue weighted by Gasteiger charge is 2.36. The monoisotopic (exact) mass is 416 g/mol. The van der Waals surface area contributed by atoms with E-state index in [0.717, 1.165) is 4.90 Å². The molecule has 0 radical (unpaired) electrons. The molecule has 9 heteroatoms. The summed E-state index contributed by atoms with van der Waals surface area (Å²) in [4.78, 5) is 26.4. The number of anilines is 1. The van der Waals surface area contributed by atoms with Gasteiger partial charge in [0, 0.05) is 5.56 Å². The molecular formula is C20H17FN2O5S. The van der Waals surface area contributed by atoms with E-state index in [4.69, 9.17) is 26.4 Å². The maximum absolute atomic E-state index is 14.2. The fourth-order valence-electron chi connectivity index (χ4n) is 2.90. The molecule has 0 bridgehead atoms. The maximum atomic E-state index is 14.2. The normalized spacial score (nSPS) is 15.4. The number of hydrogen-bond acceptors (Lipinski definition) is 6. The number of benzene rings is 2. The van der Waals surface area contributed by atoms with Crippen molar-refractivity contribution in [3.05, 3.63) is 53.4 Å². The zero-order valence-corrected chi connectivity index (χ0v) is 16.6. The van der Waals surface area contributed by atoms with Crippen LogP contribution in [0.5, 0.6) is 17.2 Å². The van der Waals surface area contributed by atoms with E-state index in [1.165, 1.54) is 45.6 Å². The third kappa shape index (κ3) is 3.64. The van der Waals surface area contributed by atoms with Crippen molar-refractivity contribution in [3.63, 3.8) is 0 Å². The number of carbonyl (C=O) groups excluding carboxylic acids is 2. The molecule has 0 unspecified atom stereocenters. The molecule has 2 amide bonds. The third-order valence-electron chi connectivity index (χ3n) is 4.23. The number of ether oxygens (including phenoxy) is 3. The van der Waals surface area contributed by atoms with Crippen LogP contribution in [0.15, 0.2) is 42.0 Å². The van der Waals surface area contributed by atoms with E-state index < -0.39 is 17.6 Å². The van der Waals surface area contributed by atoms with Gasteiger partial charge >= 0.3 is 0 Å². The molecule has 0 spiro atoms. The first-order valence-electron chi connectivity index (χ1n) is 8.37. The largest absolute Gasteiger partial charge is 0.493 e. The molecule has 1 aliphatic heterocycles. The van der Waals surface area contributed by atoms with Crippen LogP contribution in [0.1, 0.15) is 5.56 Å². The Hall–Kier alpha value is -3.46. The fourth-order valence-corrected chi connectivity index (χ4v) is 3.18. The number of methoxy groups -OCH3 is 3. The molecule has 3 rings (SSSR count). The topological polar surface area (TPSA) is 77.1 Å². The second-order valence-corrected chi connectivity index (χ2v) is 6.22. The van der Waals surface area contributed by atoms with Crippen molar-refractivity contribution in [2.45, 2.75) is 0 Å². The van der Waals surface area contributed by atoms with Crippen LogP contribution in [0.3, 0.4) is 0 Å². The van der Waals surface area contributed by atoms with Crippen LogP contribution in [0.2, 0.25) is 0 Å². The van der Waals surface area contributed by atoms with E-state index in [2.05, 4.69) is 5.32 Å². The van der Waals surface area contributed by atoms with E-state index >= 15 is 0 Å². The van der Waals surface area contributed by atoms with Crippen LogP contribution < -0.4 is 24.4 Å². The molecular weight excluding hydrogens is 399 g/mol. The number of nitrogens with one attached hydrogen (secondary N) is 1. The molecule has 2 aromatic rings. The Morgan fingerprint density at radius 3 is 2.31 bits per heavy atom. The average molecular weight is 416 g/mol. The van der Waals surface area contributed by atoms with Crippen LogP contribution in [0, 0.1) is 5.82 Å². The zero-order chi connectivity index (χ0) is 21.1. The molecule has 2 aromatic carbocycles. The maximum Gasteiger partial charge on any atom is 0.270 e. The second-order valence-electron chi connectivity index (χ2n) is 5.83. The highest BCUT2D eigenvalue weighted by Crippen LogP contribution is 2.40. The minimum atomic E-state index is -0.763. The molecule has 7 nitrogen and oxygen atoms in total. The Bertz CT molecular complexity index is 1040. The number of thiocarbonyl (C=S) groups is 1. The van der Waals surface area contributed by atoms with E-state index in [-0.39, 0.29) is 22.1 Å². The summed E-state index contributed by atoms with van der Waals surface area (Å²) in [6.07, 6.45) is 1.33. The molecule has 0 aliphatic carbocycles. The number of carbonyl (C=O) groups is 2. The number of amides is 2. The second kappa shape index (κ2) is 8.27. The Kier molecular flexibility index (Phi) is 5.79. The highest BCUT2D eigenvalue weighted by atomic mass is 32.1. The molecule has 0 aromatic heterocycles. The minimum Gasteiger partial charge on any atom is -0.493 e. The van der Waals surface area contributed by atoms with Crippen molar-refractivity contribution in [1.29, 1.82) is 0 Å². The lowest BCUT2D eigenvalue weighted by Crippen LogP contribution is -2.54. The molecule has 1 N–H and O–H groups in total. The first kappa shape index (κ1) is 20.3. The van der Waals surface area contributed by atoms with Crippen molar-refractivity contribution >= 4 is 40.9 Å². The van der Waals surface area contributed by atoms with Crippen molar-refractivity contribution in [1.82, 2.24) is 5.32 Å². The Labute approximate surface area is 171 Å². The van der Waals surface area contributed by atoms with Gasteiger partial charge in [-0.05, 0) is 42.6 Å². The average Bonchev–Trinajstić information content (AvgIpc) is 2.71. The Morgan fingerprint density at radius 1 is 1.00 bits per heavy atom. The van der Waals surface area contributed by atoms with Gasteiger partial charge in [-0.15, -0.1) is 0 Å². The summed E-state index contributed by atoms with van der Waals surface area (Å²) in [5.74, 6) is -1.13. The zero-order valence-electron chi connectivity index (χ0n) is 15.8. The highest BCUT2D eigenvalue weighted by molar-refractivity contribution is 7.80. The number of rotatable bonds is 5. The summed E-state index contributed by atoms with van der Waals surface area (Å²) in [5.41, 5.74) is 0.0880. The van der Waals surface area contributed by atoms with Gasteiger partial charge in [0.15, 0.2) is 16.6 Å². The van der Waals surface area contributed by atoms with E-state index in [1.807, 2.05) is 0 Å². The molecule has 29 heavy (non-hydrogen) atoms.